The highest BCUT2D eigenvalue weighted by Crippen LogP contribution is 2.33. The lowest BCUT2D eigenvalue weighted by Gasteiger charge is -2.12. The Morgan fingerprint density at radius 2 is 2.06 bits per heavy atom. The molecule has 0 atom stereocenters. The molecular weight excluding hydrogens is 425 g/mol. The van der Waals surface area contributed by atoms with Gasteiger partial charge in [0.05, 0.1) is 12.7 Å². The first-order valence-corrected chi connectivity index (χ1v) is 9.60. The fraction of sp³-hybridized carbons (Fsp3) is 0.190. The minimum absolute atomic E-state index is 0.0218. The molecule has 32 heavy (non-hydrogen) atoms. The van der Waals surface area contributed by atoms with Crippen LogP contribution >= 0.6 is 0 Å². The maximum absolute atomic E-state index is 13.7. The maximum atomic E-state index is 13.7. The van der Waals surface area contributed by atoms with Crippen molar-refractivity contribution in [2.24, 2.45) is 4.99 Å². The number of carbonyl (C=O) groups excluding carboxylic acids is 1. The number of para-hydroxylation sites is 1. The highest BCUT2D eigenvalue weighted by molar-refractivity contribution is 5.99. The molecule has 0 aliphatic carbocycles. The fourth-order valence-electron chi connectivity index (χ4n) is 3.71. The Balaban J connectivity index is 1.75. The van der Waals surface area contributed by atoms with E-state index in [-0.39, 0.29) is 11.3 Å². The van der Waals surface area contributed by atoms with Crippen LogP contribution in [0.5, 0.6) is 5.75 Å². The second kappa shape index (κ2) is 7.29. The molecule has 0 bridgehead atoms. The van der Waals surface area contributed by atoms with Crippen LogP contribution in [0.25, 0.3) is 21.9 Å². The zero-order chi connectivity index (χ0) is 22.5. The van der Waals surface area contributed by atoms with E-state index in [1.165, 1.54) is 19.4 Å². The lowest BCUT2D eigenvalue weighted by atomic mass is 10.1. The van der Waals surface area contributed by atoms with Gasteiger partial charge in [0.15, 0.2) is 11.3 Å². The van der Waals surface area contributed by atoms with Crippen molar-refractivity contribution in [2.45, 2.75) is 12.7 Å². The monoisotopic (exact) mass is 440 g/mol. The molecule has 0 saturated carbocycles. The number of rotatable bonds is 2. The summed E-state index contributed by atoms with van der Waals surface area (Å²) in [6, 6.07) is 9.53. The number of anilines is 1. The lowest BCUT2D eigenvalue weighted by Crippen LogP contribution is -2.25. The molecule has 1 aliphatic heterocycles. The second-order valence-corrected chi connectivity index (χ2v) is 7.04. The zero-order valence-electron chi connectivity index (χ0n) is 16.6. The van der Waals surface area contributed by atoms with Gasteiger partial charge in [0, 0.05) is 30.1 Å². The Bertz CT molecular complexity index is 1460. The summed E-state index contributed by atoms with van der Waals surface area (Å²) >= 11 is 0. The van der Waals surface area contributed by atoms with E-state index in [2.05, 4.69) is 25.3 Å². The average Bonchev–Trinajstić information content (AvgIpc) is 3.28. The van der Waals surface area contributed by atoms with E-state index in [0.717, 1.165) is 11.5 Å². The van der Waals surface area contributed by atoms with Crippen LogP contribution < -0.4 is 15.7 Å². The maximum Gasteiger partial charge on any atom is 0.434 e. The van der Waals surface area contributed by atoms with Gasteiger partial charge in [0.25, 0.3) is 5.91 Å². The molecule has 0 spiro atoms. The number of fused-ring (bicyclic) bond motifs is 4. The molecule has 3 aromatic heterocycles. The van der Waals surface area contributed by atoms with Gasteiger partial charge < -0.3 is 10.1 Å². The number of carbonyl (C=O) groups is 1. The smallest absolute Gasteiger partial charge is 0.434 e. The molecule has 0 radical (unpaired) electrons. The molecule has 1 N–H and O–H groups in total. The molecule has 1 aromatic carbocycles. The van der Waals surface area contributed by atoms with Crippen molar-refractivity contribution in [3.05, 3.63) is 59.5 Å². The molecular formula is C21H15F3N6O2. The highest BCUT2D eigenvalue weighted by atomic mass is 19.4. The standard InChI is InChI=1S/C21H15F3N6O2/c1-32-14-6-2-5-12-15(14)27-20(30-9-8-26-18(12)30)29-19(31)13-10-11-4-3-7-25-17(11)28-16(13)21(22,23)24/h2-7,10,26H,8-9H2,1H3. The molecule has 162 valence electrons. The molecule has 0 saturated heterocycles. The summed E-state index contributed by atoms with van der Waals surface area (Å²) in [6.07, 6.45) is -3.52. The predicted molar refractivity (Wildman–Crippen MR) is 109 cm³/mol. The Labute approximate surface area is 178 Å². The van der Waals surface area contributed by atoms with Crippen LogP contribution in [0.15, 0.2) is 47.6 Å². The molecule has 11 heteroatoms. The van der Waals surface area contributed by atoms with Crippen molar-refractivity contribution in [1.82, 2.24) is 19.5 Å². The Morgan fingerprint density at radius 1 is 1.22 bits per heavy atom. The quantitative estimate of drug-likeness (QED) is 0.515. The molecule has 0 fully saturated rings. The molecule has 4 aromatic rings. The number of nitrogens with zero attached hydrogens (tertiary/aromatic N) is 5. The molecule has 1 aliphatic rings. The SMILES string of the molecule is COc1cccc2c3n(c(=NC(=O)c4cc5cccnc5nc4C(F)(F)F)nc12)CCN3. The minimum Gasteiger partial charge on any atom is -0.494 e. The molecule has 0 unspecified atom stereocenters. The van der Waals surface area contributed by atoms with Crippen LogP contribution in [0, 0.1) is 0 Å². The van der Waals surface area contributed by atoms with Gasteiger partial charge in [-0.1, -0.05) is 6.07 Å². The van der Waals surface area contributed by atoms with Crippen molar-refractivity contribution in [1.29, 1.82) is 0 Å². The number of amides is 1. The van der Waals surface area contributed by atoms with Crippen LogP contribution in [0.2, 0.25) is 0 Å². The summed E-state index contributed by atoms with van der Waals surface area (Å²) in [5, 5.41) is 4.25. The first kappa shape index (κ1) is 19.9. The largest absolute Gasteiger partial charge is 0.494 e. The van der Waals surface area contributed by atoms with Crippen LogP contribution in [0.1, 0.15) is 16.1 Å². The van der Waals surface area contributed by atoms with Gasteiger partial charge in [-0.15, -0.1) is 0 Å². The topological polar surface area (TPSA) is 94.3 Å². The number of hydrogen-bond acceptors (Lipinski definition) is 6. The summed E-state index contributed by atoms with van der Waals surface area (Å²) in [6.45, 7) is 1.01. The van der Waals surface area contributed by atoms with Crippen LogP contribution in [-0.4, -0.2) is 39.1 Å². The number of methoxy groups -OCH3 is 1. The van der Waals surface area contributed by atoms with E-state index in [9.17, 15) is 18.0 Å². The van der Waals surface area contributed by atoms with Gasteiger partial charge in [0.1, 0.15) is 17.1 Å². The summed E-state index contributed by atoms with van der Waals surface area (Å²) < 4.78 is 48.0. The molecule has 4 heterocycles. The summed E-state index contributed by atoms with van der Waals surface area (Å²) in [7, 11) is 1.48. The summed E-state index contributed by atoms with van der Waals surface area (Å²) in [4.78, 5) is 28.8. The van der Waals surface area contributed by atoms with Crippen molar-refractivity contribution in [3.8, 4) is 5.75 Å². The molecule has 1 amide bonds. The van der Waals surface area contributed by atoms with Gasteiger partial charge in [-0.3, -0.25) is 9.36 Å². The highest BCUT2D eigenvalue weighted by Gasteiger charge is 2.38. The zero-order valence-corrected chi connectivity index (χ0v) is 16.6. The van der Waals surface area contributed by atoms with Gasteiger partial charge in [-0.2, -0.15) is 18.2 Å². The number of pyridine rings is 2. The molecule has 5 rings (SSSR count). The lowest BCUT2D eigenvalue weighted by molar-refractivity contribution is -0.141. The first-order valence-electron chi connectivity index (χ1n) is 9.60. The normalized spacial score (nSPS) is 13.9. The number of aromatic nitrogens is 4. The first-order chi connectivity index (χ1) is 15.4. The van der Waals surface area contributed by atoms with Gasteiger partial charge in [0.2, 0.25) is 5.62 Å². The Hall–Kier alpha value is -4.02. The van der Waals surface area contributed by atoms with E-state index in [0.29, 0.717) is 35.6 Å². The summed E-state index contributed by atoms with van der Waals surface area (Å²) in [5.74, 6) is 0.0224. The summed E-state index contributed by atoms with van der Waals surface area (Å²) in [5.41, 5.74) is -1.69. The third-order valence-electron chi connectivity index (χ3n) is 5.12. The van der Waals surface area contributed by atoms with Crippen LogP contribution in [0.4, 0.5) is 19.0 Å². The number of ether oxygens (including phenoxy) is 1. The Morgan fingerprint density at radius 3 is 2.84 bits per heavy atom. The van der Waals surface area contributed by atoms with E-state index >= 15 is 0 Å². The molecule has 8 nitrogen and oxygen atoms in total. The number of halogens is 3. The minimum atomic E-state index is -4.86. The van der Waals surface area contributed by atoms with E-state index in [1.807, 2.05) is 6.07 Å². The van der Waals surface area contributed by atoms with Gasteiger partial charge in [-0.25, -0.2) is 15.0 Å². The van der Waals surface area contributed by atoms with E-state index in [4.69, 9.17) is 4.74 Å². The van der Waals surface area contributed by atoms with E-state index in [1.54, 1.807) is 22.8 Å². The Kier molecular flexibility index (Phi) is 4.54. The number of nitrogens with one attached hydrogen (secondary N) is 1. The second-order valence-electron chi connectivity index (χ2n) is 7.04. The number of alkyl halides is 3. The van der Waals surface area contributed by atoms with Gasteiger partial charge >= 0.3 is 6.18 Å². The average molecular weight is 440 g/mol. The van der Waals surface area contributed by atoms with Crippen molar-refractivity contribution < 1.29 is 22.7 Å². The third-order valence-corrected chi connectivity index (χ3v) is 5.12. The fourth-order valence-corrected chi connectivity index (χ4v) is 3.71. The number of benzene rings is 1. The van der Waals surface area contributed by atoms with Crippen molar-refractivity contribution in [3.63, 3.8) is 0 Å². The van der Waals surface area contributed by atoms with Crippen LogP contribution in [-0.2, 0) is 12.7 Å². The van der Waals surface area contributed by atoms with E-state index < -0.39 is 23.3 Å². The van der Waals surface area contributed by atoms with Crippen LogP contribution in [0.3, 0.4) is 0 Å². The van der Waals surface area contributed by atoms with Crippen molar-refractivity contribution in [2.75, 3.05) is 19.0 Å². The van der Waals surface area contributed by atoms with Gasteiger partial charge in [-0.05, 0) is 30.3 Å². The predicted octanol–water partition coefficient (Wildman–Crippen LogP) is 3.17. The third kappa shape index (κ3) is 3.22. The van der Waals surface area contributed by atoms with Crippen molar-refractivity contribution >= 4 is 33.7 Å². The number of hydrogen-bond donors (Lipinski definition) is 1.